The van der Waals surface area contributed by atoms with Crippen LogP contribution in [0.4, 0.5) is 8.78 Å². The molecule has 0 aliphatic heterocycles. The van der Waals surface area contributed by atoms with Gasteiger partial charge in [0.2, 0.25) is 0 Å². The Bertz CT molecular complexity index is 278. The Morgan fingerprint density at radius 1 is 1.58 bits per heavy atom. The van der Waals surface area contributed by atoms with Gasteiger partial charge in [-0.25, -0.2) is 8.78 Å². The minimum Gasteiger partial charge on any atom is -0.326 e. The van der Waals surface area contributed by atoms with Crippen LogP contribution in [0.25, 0.3) is 0 Å². The summed E-state index contributed by atoms with van der Waals surface area (Å²) in [6.07, 6.45) is -1.13. The largest absolute Gasteiger partial charge is 0.326 e. The van der Waals surface area contributed by atoms with Crippen LogP contribution in [0.5, 0.6) is 0 Å². The number of aromatic nitrogens is 1. The van der Waals surface area contributed by atoms with Gasteiger partial charge in [-0.1, -0.05) is 0 Å². The van der Waals surface area contributed by atoms with Crippen LogP contribution >= 0.6 is 22.6 Å². The van der Waals surface area contributed by atoms with Gasteiger partial charge in [-0.3, -0.25) is 4.98 Å². The van der Waals surface area contributed by atoms with E-state index in [1.54, 1.807) is 6.07 Å². The quantitative estimate of drug-likeness (QED) is 0.844. The number of nitrogens with zero attached hydrogens (tertiary/aromatic N) is 1. The fraction of sp³-hybridized carbons (Fsp3) is 0.286. The van der Waals surface area contributed by atoms with E-state index in [4.69, 9.17) is 5.73 Å². The molecule has 0 bridgehead atoms. The molecule has 0 unspecified atom stereocenters. The van der Waals surface area contributed by atoms with Crippen molar-refractivity contribution in [1.82, 2.24) is 4.98 Å². The van der Waals surface area contributed by atoms with Crippen LogP contribution in [-0.2, 0) is 6.54 Å². The topological polar surface area (TPSA) is 38.9 Å². The van der Waals surface area contributed by atoms with Gasteiger partial charge in [0.05, 0.1) is 0 Å². The molecule has 1 aromatic rings. The van der Waals surface area contributed by atoms with Crippen LogP contribution in [0.3, 0.4) is 0 Å². The lowest BCUT2D eigenvalue weighted by Crippen LogP contribution is -2.01. The van der Waals surface area contributed by atoms with Gasteiger partial charge in [-0.15, -0.1) is 0 Å². The number of rotatable bonds is 2. The first-order chi connectivity index (χ1) is 5.65. The third-order valence-electron chi connectivity index (χ3n) is 1.37. The standard InChI is InChI=1S/C7H7F2IN2/c8-7(9)6-5(10)1-4(2-11)3-12-6/h1,3,7H,2,11H2. The van der Waals surface area contributed by atoms with Crippen molar-refractivity contribution in [1.29, 1.82) is 0 Å². The van der Waals surface area contributed by atoms with Crippen LogP contribution in [0.1, 0.15) is 17.7 Å². The zero-order valence-corrected chi connectivity index (χ0v) is 8.26. The van der Waals surface area contributed by atoms with Crippen LogP contribution in [-0.4, -0.2) is 4.98 Å². The summed E-state index contributed by atoms with van der Waals surface area (Å²) in [4.78, 5) is 3.61. The number of alkyl halides is 2. The van der Waals surface area contributed by atoms with Gasteiger partial charge in [0.15, 0.2) is 0 Å². The fourth-order valence-corrected chi connectivity index (χ4v) is 1.53. The Hall–Kier alpha value is -0.300. The number of hydrogen-bond donors (Lipinski definition) is 1. The second-order valence-corrected chi connectivity index (χ2v) is 3.38. The molecule has 1 rings (SSSR count). The van der Waals surface area contributed by atoms with Gasteiger partial charge < -0.3 is 5.73 Å². The molecule has 0 saturated heterocycles. The monoisotopic (exact) mass is 284 g/mol. The summed E-state index contributed by atoms with van der Waals surface area (Å²) in [6.45, 7) is 0.326. The van der Waals surface area contributed by atoms with Crippen molar-refractivity contribution in [2.24, 2.45) is 5.73 Å². The molecule has 0 fully saturated rings. The predicted octanol–water partition coefficient (Wildman–Crippen LogP) is 2.08. The molecule has 1 heterocycles. The average Bonchev–Trinajstić information content (AvgIpc) is 2.03. The molecular formula is C7H7F2IN2. The maximum Gasteiger partial charge on any atom is 0.281 e. The first-order valence-electron chi connectivity index (χ1n) is 3.27. The summed E-state index contributed by atoms with van der Waals surface area (Å²) in [7, 11) is 0. The summed E-state index contributed by atoms with van der Waals surface area (Å²) in [5, 5.41) is 0. The van der Waals surface area contributed by atoms with E-state index < -0.39 is 6.43 Å². The fourth-order valence-electron chi connectivity index (χ4n) is 0.760. The van der Waals surface area contributed by atoms with E-state index in [9.17, 15) is 8.78 Å². The Morgan fingerprint density at radius 3 is 2.67 bits per heavy atom. The number of pyridine rings is 1. The van der Waals surface area contributed by atoms with Gasteiger partial charge in [-0.05, 0) is 34.2 Å². The first kappa shape index (κ1) is 9.79. The van der Waals surface area contributed by atoms with Gasteiger partial charge in [0.1, 0.15) is 5.69 Å². The summed E-state index contributed by atoms with van der Waals surface area (Å²) < 4.78 is 24.8. The van der Waals surface area contributed by atoms with Crippen molar-refractivity contribution in [3.8, 4) is 0 Å². The zero-order chi connectivity index (χ0) is 9.14. The van der Waals surface area contributed by atoms with E-state index in [1.165, 1.54) is 6.20 Å². The Balaban J connectivity index is 3.03. The van der Waals surface area contributed by atoms with E-state index in [0.29, 0.717) is 10.1 Å². The van der Waals surface area contributed by atoms with Crippen molar-refractivity contribution in [3.63, 3.8) is 0 Å². The average molecular weight is 284 g/mol. The lowest BCUT2D eigenvalue weighted by Gasteiger charge is -2.03. The van der Waals surface area contributed by atoms with E-state index in [1.807, 2.05) is 22.6 Å². The minimum atomic E-state index is -2.51. The number of nitrogens with two attached hydrogens (primary N) is 1. The summed E-state index contributed by atoms with van der Waals surface area (Å²) in [5.41, 5.74) is 5.91. The van der Waals surface area contributed by atoms with E-state index in [2.05, 4.69) is 4.98 Å². The van der Waals surface area contributed by atoms with Crippen LogP contribution in [0, 0.1) is 3.57 Å². The second-order valence-electron chi connectivity index (χ2n) is 2.22. The molecule has 0 amide bonds. The van der Waals surface area contributed by atoms with Gasteiger partial charge in [-0.2, -0.15) is 0 Å². The molecule has 0 aliphatic rings. The maximum atomic E-state index is 12.2. The highest BCUT2D eigenvalue weighted by Gasteiger charge is 2.12. The predicted molar refractivity (Wildman–Crippen MR) is 49.8 cm³/mol. The molecule has 66 valence electrons. The highest BCUT2D eigenvalue weighted by atomic mass is 127. The minimum absolute atomic E-state index is 0.173. The summed E-state index contributed by atoms with van der Waals surface area (Å²) in [6, 6.07) is 1.62. The molecule has 2 N–H and O–H groups in total. The molecule has 0 aliphatic carbocycles. The smallest absolute Gasteiger partial charge is 0.281 e. The van der Waals surface area contributed by atoms with Crippen LogP contribution in [0.15, 0.2) is 12.3 Å². The SMILES string of the molecule is NCc1cnc(C(F)F)c(I)c1. The molecule has 2 nitrogen and oxygen atoms in total. The van der Waals surface area contributed by atoms with E-state index in [-0.39, 0.29) is 5.69 Å². The first-order valence-corrected chi connectivity index (χ1v) is 4.35. The van der Waals surface area contributed by atoms with Crippen molar-refractivity contribution >= 4 is 22.6 Å². The Labute approximate surface area is 82.3 Å². The molecule has 0 spiro atoms. The van der Waals surface area contributed by atoms with E-state index in [0.717, 1.165) is 5.56 Å². The molecule has 0 saturated carbocycles. The van der Waals surface area contributed by atoms with Gasteiger partial charge in [0.25, 0.3) is 6.43 Å². The normalized spacial score (nSPS) is 10.8. The van der Waals surface area contributed by atoms with Crippen molar-refractivity contribution in [3.05, 3.63) is 27.1 Å². The van der Waals surface area contributed by atoms with E-state index >= 15 is 0 Å². The van der Waals surface area contributed by atoms with Crippen LogP contribution < -0.4 is 5.73 Å². The highest BCUT2D eigenvalue weighted by molar-refractivity contribution is 14.1. The highest BCUT2D eigenvalue weighted by Crippen LogP contribution is 2.22. The van der Waals surface area contributed by atoms with Crippen molar-refractivity contribution in [2.45, 2.75) is 13.0 Å². The molecule has 0 atom stereocenters. The summed E-state index contributed by atoms with van der Waals surface area (Å²) in [5.74, 6) is 0. The van der Waals surface area contributed by atoms with Crippen molar-refractivity contribution < 1.29 is 8.78 Å². The third kappa shape index (κ3) is 2.10. The number of hydrogen-bond acceptors (Lipinski definition) is 2. The molecular weight excluding hydrogens is 277 g/mol. The maximum absolute atomic E-state index is 12.2. The van der Waals surface area contributed by atoms with Gasteiger partial charge in [0, 0.05) is 16.3 Å². The summed E-state index contributed by atoms with van der Waals surface area (Å²) >= 11 is 1.83. The molecule has 0 aromatic carbocycles. The lowest BCUT2D eigenvalue weighted by molar-refractivity contribution is 0.145. The van der Waals surface area contributed by atoms with Crippen LogP contribution in [0.2, 0.25) is 0 Å². The number of halogens is 3. The molecule has 5 heteroatoms. The van der Waals surface area contributed by atoms with Gasteiger partial charge >= 0.3 is 0 Å². The second kappa shape index (κ2) is 4.08. The Morgan fingerprint density at radius 2 is 2.25 bits per heavy atom. The Kier molecular flexibility index (Phi) is 3.33. The lowest BCUT2D eigenvalue weighted by atomic mass is 10.2. The third-order valence-corrected chi connectivity index (χ3v) is 2.23. The van der Waals surface area contributed by atoms with Crippen molar-refractivity contribution in [2.75, 3.05) is 0 Å². The molecule has 12 heavy (non-hydrogen) atoms. The zero-order valence-electron chi connectivity index (χ0n) is 6.10. The molecule has 0 radical (unpaired) electrons. The molecule has 1 aromatic heterocycles.